The molecule has 1 N–H and O–H groups in total. The Labute approximate surface area is 42.9 Å². The number of rotatable bonds is 0. The number of nitrogens with one attached hydrogen (secondary N) is 1. The predicted octanol–water partition coefficient (Wildman–Crippen LogP) is 0.258. The molecule has 0 bridgehead atoms. The molecule has 2 aliphatic rings. The molecule has 2 heterocycles. The lowest BCUT2D eigenvalue weighted by Gasteiger charge is -2.49. The minimum absolute atomic E-state index is 0.139. The van der Waals surface area contributed by atoms with Crippen molar-refractivity contribution in [3.63, 3.8) is 0 Å². The average Bonchev–Trinajstić information content (AvgIpc) is 1.20. The van der Waals surface area contributed by atoms with Crippen LogP contribution in [-0.2, 0) is 4.74 Å². The number of hydrogen-bond acceptors (Lipinski definition) is 2. The van der Waals surface area contributed by atoms with E-state index in [9.17, 15) is 0 Å². The van der Waals surface area contributed by atoms with Gasteiger partial charge in [-0.3, -0.25) is 5.32 Å². The van der Waals surface area contributed by atoms with Crippen LogP contribution in [0.15, 0.2) is 0 Å². The van der Waals surface area contributed by atoms with Crippen molar-refractivity contribution < 1.29 is 4.74 Å². The smallest absolute Gasteiger partial charge is 0.123 e. The zero-order valence-corrected chi connectivity index (χ0v) is 4.11. The molecule has 2 rings (SSSR count). The van der Waals surface area contributed by atoms with Gasteiger partial charge in [0.05, 0.1) is 6.61 Å². The highest BCUT2D eigenvalue weighted by molar-refractivity contribution is 4.97. The summed E-state index contributed by atoms with van der Waals surface area (Å²) in [6, 6.07) is 0. The first-order chi connectivity index (χ1) is 3.41. The molecular weight excluding hydrogens is 90.1 g/mol. The fraction of sp³-hybridized carbons (Fsp3) is 0.800. The zero-order chi connectivity index (χ0) is 4.74. The summed E-state index contributed by atoms with van der Waals surface area (Å²) in [5.74, 6) is 0. The van der Waals surface area contributed by atoms with Gasteiger partial charge in [0.15, 0.2) is 0 Å². The van der Waals surface area contributed by atoms with Gasteiger partial charge in [0.1, 0.15) is 5.72 Å². The lowest BCUT2D eigenvalue weighted by Crippen LogP contribution is -2.63. The Balaban J connectivity index is 2.00. The molecule has 1 radical (unpaired) electrons. The second kappa shape index (κ2) is 1.01. The third-order valence-corrected chi connectivity index (χ3v) is 1.70. The molecule has 1 atom stereocenters. The molecular formula is C5H8NO. The zero-order valence-electron chi connectivity index (χ0n) is 4.11. The standard InChI is InChI=1S/C5H8NO/c1-3-6-5(1)2-4-7-5/h4,6H,1-3H2. The molecule has 0 saturated carbocycles. The van der Waals surface area contributed by atoms with Crippen LogP contribution >= 0.6 is 0 Å². The summed E-state index contributed by atoms with van der Waals surface area (Å²) in [7, 11) is 0. The molecule has 0 aromatic carbocycles. The Kier molecular flexibility index (Phi) is 0.557. The summed E-state index contributed by atoms with van der Waals surface area (Å²) >= 11 is 0. The second-order valence-corrected chi connectivity index (χ2v) is 2.16. The van der Waals surface area contributed by atoms with E-state index in [1.54, 1.807) is 0 Å². The Bertz CT molecular complexity index is 68.6. The van der Waals surface area contributed by atoms with Crippen LogP contribution in [0.3, 0.4) is 0 Å². The third kappa shape index (κ3) is 0.359. The van der Waals surface area contributed by atoms with Gasteiger partial charge in [-0.1, -0.05) is 0 Å². The van der Waals surface area contributed by atoms with E-state index in [0.29, 0.717) is 0 Å². The first-order valence-corrected chi connectivity index (χ1v) is 2.66. The molecule has 2 nitrogen and oxygen atoms in total. The van der Waals surface area contributed by atoms with E-state index >= 15 is 0 Å². The Hall–Kier alpha value is -0.0800. The first kappa shape index (κ1) is 3.87. The van der Waals surface area contributed by atoms with Gasteiger partial charge in [0.2, 0.25) is 0 Å². The molecule has 7 heavy (non-hydrogen) atoms. The van der Waals surface area contributed by atoms with Gasteiger partial charge in [-0.15, -0.1) is 0 Å². The Morgan fingerprint density at radius 1 is 1.71 bits per heavy atom. The van der Waals surface area contributed by atoms with Crippen molar-refractivity contribution in [1.29, 1.82) is 0 Å². The molecule has 1 spiro atoms. The van der Waals surface area contributed by atoms with Crippen LogP contribution in [0.1, 0.15) is 12.8 Å². The largest absolute Gasteiger partial charge is 0.354 e. The van der Waals surface area contributed by atoms with E-state index in [1.807, 2.05) is 6.61 Å². The quantitative estimate of drug-likeness (QED) is 0.469. The second-order valence-electron chi connectivity index (χ2n) is 2.16. The lowest BCUT2D eigenvalue weighted by molar-refractivity contribution is -0.165. The topological polar surface area (TPSA) is 21.3 Å². The molecule has 0 aromatic rings. The number of hydrogen-bond donors (Lipinski definition) is 1. The summed E-state index contributed by atoms with van der Waals surface area (Å²) in [6.45, 7) is 2.99. The van der Waals surface area contributed by atoms with Crippen molar-refractivity contribution in [3.8, 4) is 0 Å². The van der Waals surface area contributed by atoms with E-state index in [1.165, 1.54) is 6.42 Å². The lowest BCUT2D eigenvalue weighted by atomic mass is 9.94. The van der Waals surface area contributed by atoms with E-state index in [0.717, 1.165) is 13.0 Å². The Morgan fingerprint density at radius 2 is 2.43 bits per heavy atom. The summed E-state index contributed by atoms with van der Waals surface area (Å²) in [5, 5.41) is 3.20. The van der Waals surface area contributed by atoms with Crippen LogP contribution in [-0.4, -0.2) is 12.3 Å². The first-order valence-electron chi connectivity index (χ1n) is 2.66. The summed E-state index contributed by atoms with van der Waals surface area (Å²) in [5.41, 5.74) is 0.139. The van der Waals surface area contributed by atoms with Crippen molar-refractivity contribution in [1.82, 2.24) is 5.32 Å². The molecule has 2 aliphatic heterocycles. The van der Waals surface area contributed by atoms with Crippen LogP contribution in [0, 0.1) is 6.61 Å². The SMILES string of the molecule is [CH]1CC2(CCN2)O1. The van der Waals surface area contributed by atoms with Gasteiger partial charge in [-0.05, 0) is 0 Å². The molecule has 0 amide bonds. The van der Waals surface area contributed by atoms with Crippen molar-refractivity contribution in [2.75, 3.05) is 6.54 Å². The fourth-order valence-electron chi connectivity index (χ4n) is 0.963. The van der Waals surface area contributed by atoms with Crippen LogP contribution in [0.2, 0.25) is 0 Å². The normalized spacial score (nSPS) is 48.0. The molecule has 2 heteroatoms. The molecule has 1 unspecified atom stereocenters. The third-order valence-electron chi connectivity index (χ3n) is 1.70. The van der Waals surface area contributed by atoms with Gasteiger partial charge >= 0.3 is 0 Å². The highest BCUT2D eigenvalue weighted by atomic mass is 16.5. The summed E-state index contributed by atoms with van der Waals surface area (Å²) in [6.07, 6.45) is 2.30. The van der Waals surface area contributed by atoms with Gasteiger partial charge in [0, 0.05) is 19.4 Å². The fourth-order valence-corrected chi connectivity index (χ4v) is 0.963. The summed E-state index contributed by atoms with van der Waals surface area (Å²) in [4.78, 5) is 0. The van der Waals surface area contributed by atoms with Gasteiger partial charge in [0.25, 0.3) is 0 Å². The van der Waals surface area contributed by atoms with Crippen LogP contribution in [0.5, 0.6) is 0 Å². The highest BCUT2D eigenvalue weighted by Crippen LogP contribution is 2.34. The van der Waals surface area contributed by atoms with Crippen molar-refractivity contribution >= 4 is 0 Å². The van der Waals surface area contributed by atoms with E-state index in [2.05, 4.69) is 5.32 Å². The Morgan fingerprint density at radius 3 is 2.43 bits per heavy atom. The van der Waals surface area contributed by atoms with Crippen molar-refractivity contribution in [3.05, 3.63) is 6.61 Å². The van der Waals surface area contributed by atoms with Gasteiger partial charge < -0.3 is 4.74 Å². The van der Waals surface area contributed by atoms with Crippen molar-refractivity contribution in [2.24, 2.45) is 0 Å². The number of ether oxygens (including phenoxy) is 1. The monoisotopic (exact) mass is 98.1 g/mol. The van der Waals surface area contributed by atoms with E-state index in [4.69, 9.17) is 4.74 Å². The maximum Gasteiger partial charge on any atom is 0.123 e. The average molecular weight is 98.1 g/mol. The minimum atomic E-state index is 0.139. The predicted molar refractivity (Wildman–Crippen MR) is 25.4 cm³/mol. The van der Waals surface area contributed by atoms with Gasteiger partial charge in [-0.25, -0.2) is 0 Å². The summed E-state index contributed by atoms with van der Waals surface area (Å²) < 4.78 is 5.12. The molecule has 2 saturated heterocycles. The molecule has 39 valence electrons. The molecule has 0 aliphatic carbocycles. The maximum atomic E-state index is 5.12. The van der Waals surface area contributed by atoms with Crippen LogP contribution in [0.25, 0.3) is 0 Å². The van der Waals surface area contributed by atoms with Crippen LogP contribution < -0.4 is 5.32 Å². The molecule has 0 aromatic heterocycles. The van der Waals surface area contributed by atoms with E-state index in [-0.39, 0.29) is 5.72 Å². The minimum Gasteiger partial charge on any atom is -0.354 e. The van der Waals surface area contributed by atoms with E-state index < -0.39 is 0 Å². The van der Waals surface area contributed by atoms with Gasteiger partial charge in [-0.2, -0.15) is 0 Å². The highest BCUT2D eigenvalue weighted by Gasteiger charge is 2.43. The van der Waals surface area contributed by atoms with Crippen molar-refractivity contribution in [2.45, 2.75) is 18.6 Å². The van der Waals surface area contributed by atoms with Crippen LogP contribution in [0.4, 0.5) is 0 Å². The molecule has 2 fully saturated rings. The maximum absolute atomic E-state index is 5.12.